The van der Waals surface area contributed by atoms with Crippen molar-refractivity contribution in [1.82, 2.24) is 0 Å². The monoisotopic (exact) mass is 418 g/mol. The van der Waals surface area contributed by atoms with Crippen LogP contribution in [0.15, 0.2) is 48.1 Å². The highest BCUT2D eigenvalue weighted by Crippen LogP contribution is 2.28. The van der Waals surface area contributed by atoms with E-state index in [1.807, 2.05) is 0 Å². The van der Waals surface area contributed by atoms with Gasteiger partial charge in [-0.15, -0.1) is 26.2 Å². The summed E-state index contributed by atoms with van der Waals surface area (Å²) in [6.07, 6.45) is 7.65. The number of rotatable bonds is 5. The van der Waals surface area contributed by atoms with Gasteiger partial charge in [0.15, 0.2) is 0 Å². The summed E-state index contributed by atoms with van der Waals surface area (Å²) < 4.78 is 5.45. The summed E-state index contributed by atoms with van der Waals surface area (Å²) in [4.78, 5) is 0. The predicted octanol–water partition coefficient (Wildman–Crippen LogP) is 5.90. The Hall–Kier alpha value is -1.37. The summed E-state index contributed by atoms with van der Waals surface area (Å²) in [5.74, 6) is 0.964. The topological polar surface area (TPSA) is 9.23 Å². The van der Waals surface area contributed by atoms with Crippen molar-refractivity contribution in [2.45, 2.75) is 34.1 Å². The van der Waals surface area contributed by atoms with E-state index in [1.165, 1.54) is 38.7 Å². The first-order chi connectivity index (χ1) is 11.4. The van der Waals surface area contributed by atoms with Crippen LogP contribution in [-0.2, 0) is 6.42 Å². The average molecular weight is 419 g/mol. The van der Waals surface area contributed by atoms with Crippen molar-refractivity contribution < 1.29 is 4.74 Å². The zero-order valence-electron chi connectivity index (χ0n) is 15.7. The van der Waals surface area contributed by atoms with E-state index in [0.29, 0.717) is 0 Å². The van der Waals surface area contributed by atoms with E-state index in [0.717, 1.165) is 12.2 Å². The highest BCUT2D eigenvalue weighted by molar-refractivity contribution is 8.93. The third-order valence-corrected chi connectivity index (χ3v) is 5.10. The number of benzene rings is 2. The van der Waals surface area contributed by atoms with Gasteiger partial charge in [0, 0.05) is 0 Å². The van der Waals surface area contributed by atoms with Crippen molar-refractivity contribution in [3.63, 3.8) is 0 Å². The number of methoxy groups -OCH3 is 1. The highest BCUT2D eigenvalue weighted by Gasteiger charge is 2.08. The lowest BCUT2D eigenvalue weighted by Crippen LogP contribution is -1.99. The van der Waals surface area contributed by atoms with Crippen molar-refractivity contribution in [2.24, 2.45) is 0 Å². The third kappa shape index (κ3) is 5.56. The molecule has 2 rings (SSSR count). The van der Waals surface area contributed by atoms with Crippen LogP contribution in [0, 0.1) is 20.8 Å². The van der Waals surface area contributed by atoms with Crippen LogP contribution in [0.2, 0.25) is 0 Å². The fourth-order valence-electron chi connectivity index (χ4n) is 2.81. The smallest absolute Gasteiger partial charge is 0.122 e. The molecule has 1 atom stereocenters. The lowest BCUT2D eigenvalue weighted by molar-refractivity contribution is 0.411. The molecule has 0 bridgehead atoms. The van der Waals surface area contributed by atoms with Crippen LogP contribution >= 0.6 is 26.2 Å². The zero-order chi connectivity index (χ0) is 17.7. The molecule has 0 saturated carbocycles. The molecule has 2 aromatic rings. The Kier molecular flexibility index (Phi) is 8.62. The minimum absolute atomic E-state index is 0. The molecule has 0 fully saturated rings. The van der Waals surface area contributed by atoms with Crippen molar-refractivity contribution in [2.75, 3.05) is 7.11 Å². The van der Waals surface area contributed by atoms with Crippen molar-refractivity contribution in [3.8, 4) is 5.75 Å². The maximum Gasteiger partial charge on any atom is 0.122 e. The Morgan fingerprint density at radius 1 is 1.12 bits per heavy atom. The van der Waals surface area contributed by atoms with Crippen LogP contribution in [-0.4, -0.2) is 7.11 Å². The predicted molar refractivity (Wildman–Crippen MR) is 120 cm³/mol. The molecular formula is C22H28BrOP. The average Bonchev–Trinajstić information content (AvgIpc) is 2.57. The molecule has 1 unspecified atom stereocenters. The zero-order valence-corrected chi connectivity index (χ0v) is 18.6. The number of halogens is 1. The Balaban J connectivity index is 0.00000312. The first-order valence-electron chi connectivity index (χ1n) is 8.27. The fraction of sp³-hybridized carbons (Fsp3) is 0.273. The van der Waals surface area contributed by atoms with Crippen LogP contribution in [0.4, 0.5) is 0 Å². The van der Waals surface area contributed by atoms with Gasteiger partial charge in [0.25, 0.3) is 0 Å². The molecule has 0 aliphatic carbocycles. The molecule has 0 radical (unpaired) electrons. The van der Waals surface area contributed by atoms with Crippen LogP contribution in [0.5, 0.6) is 5.75 Å². The molecule has 0 saturated heterocycles. The quantitative estimate of drug-likeness (QED) is 0.433. The Morgan fingerprint density at radius 2 is 1.80 bits per heavy atom. The van der Waals surface area contributed by atoms with E-state index in [1.54, 1.807) is 7.11 Å². The Bertz CT molecular complexity index is 791. The largest absolute Gasteiger partial charge is 0.496 e. The van der Waals surface area contributed by atoms with Gasteiger partial charge in [0.05, 0.1) is 7.11 Å². The van der Waals surface area contributed by atoms with Gasteiger partial charge in [-0.3, -0.25) is 0 Å². The van der Waals surface area contributed by atoms with Crippen LogP contribution < -0.4 is 10.0 Å². The highest BCUT2D eigenvalue weighted by atomic mass is 79.9. The molecule has 1 nitrogen and oxygen atoms in total. The molecule has 0 aliphatic rings. The van der Waals surface area contributed by atoms with Gasteiger partial charge in [-0.2, -0.15) is 0 Å². The first kappa shape index (κ1) is 21.7. The van der Waals surface area contributed by atoms with Gasteiger partial charge >= 0.3 is 0 Å². The van der Waals surface area contributed by atoms with E-state index >= 15 is 0 Å². The van der Waals surface area contributed by atoms with E-state index in [2.05, 4.69) is 85.5 Å². The second-order valence-electron chi connectivity index (χ2n) is 6.24. The van der Waals surface area contributed by atoms with Crippen molar-refractivity contribution >= 4 is 37.6 Å². The normalized spacial score (nSPS) is 11.5. The van der Waals surface area contributed by atoms with Crippen molar-refractivity contribution in [3.05, 3.63) is 75.9 Å². The van der Waals surface area contributed by atoms with Crippen molar-refractivity contribution in [1.29, 1.82) is 0 Å². The molecular weight excluding hydrogens is 391 g/mol. The molecule has 0 N–H and O–H groups in total. The van der Waals surface area contributed by atoms with E-state index < -0.39 is 0 Å². The molecule has 134 valence electrons. The third-order valence-electron chi connectivity index (χ3n) is 4.54. The summed E-state index contributed by atoms with van der Waals surface area (Å²) in [5.41, 5.74) is 7.65. The number of allylic oxidation sites excluding steroid dienone is 3. The SMILES string of the molecule is Br.COc1cc(C)c(/C=C/C(C)=C/Cc2ccccc2P)c(C)c1C. The van der Waals surface area contributed by atoms with Gasteiger partial charge in [-0.25, -0.2) is 0 Å². The van der Waals surface area contributed by atoms with E-state index in [-0.39, 0.29) is 17.0 Å². The molecule has 0 aliphatic heterocycles. The number of hydrogen-bond acceptors (Lipinski definition) is 1. The van der Waals surface area contributed by atoms with E-state index in [4.69, 9.17) is 4.74 Å². The first-order valence-corrected chi connectivity index (χ1v) is 8.84. The van der Waals surface area contributed by atoms with E-state index in [9.17, 15) is 0 Å². The molecule has 0 heterocycles. The summed E-state index contributed by atoms with van der Waals surface area (Å²) in [7, 11) is 4.54. The maximum atomic E-state index is 5.45. The minimum atomic E-state index is 0. The maximum absolute atomic E-state index is 5.45. The summed E-state index contributed by atoms with van der Waals surface area (Å²) in [5, 5.41) is 1.27. The number of hydrogen-bond donors (Lipinski definition) is 0. The lowest BCUT2D eigenvalue weighted by Gasteiger charge is -2.13. The van der Waals surface area contributed by atoms with Gasteiger partial charge in [-0.1, -0.05) is 48.1 Å². The molecule has 25 heavy (non-hydrogen) atoms. The number of aryl methyl sites for hydroxylation is 1. The molecule has 0 amide bonds. The minimum Gasteiger partial charge on any atom is -0.496 e. The molecule has 0 aromatic heterocycles. The molecule has 2 aromatic carbocycles. The van der Waals surface area contributed by atoms with Gasteiger partial charge in [0.1, 0.15) is 5.75 Å². The second kappa shape index (κ2) is 9.94. The molecule has 0 spiro atoms. The lowest BCUT2D eigenvalue weighted by atomic mass is 9.96. The van der Waals surface area contributed by atoms with Gasteiger partial charge in [0.2, 0.25) is 0 Å². The molecule has 3 heteroatoms. The summed E-state index contributed by atoms with van der Waals surface area (Å²) in [6, 6.07) is 10.6. The van der Waals surface area contributed by atoms with Crippen LogP contribution in [0.1, 0.15) is 34.7 Å². The fourth-order valence-corrected chi connectivity index (χ4v) is 3.13. The Labute approximate surface area is 165 Å². The Morgan fingerprint density at radius 3 is 2.44 bits per heavy atom. The summed E-state index contributed by atoms with van der Waals surface area (Å²) >= 11 is 0. The number of ether oxygens (including phenoxy) is 1. The standard InChI is InChI=1S/C22H27OP.BrH/c1-15(10-12-19-8-6-7-9-22(19)24)11-13-20-16(2)14-21(23-5)18(4)17(20)3;/h6-11,13-14H,12,24H2,1-5H3;1H/b13-11+,15-10+;. The van der Waals surface area contributed by atoms with Crippen LogP contribution in [0.25, 0.3) is 6.08 Å². The van der Waals surface area contributed by atoms with Crippen LogP contribution in [0.3, 0.4) is 0 Å². The van der Waals surface area contributed by atoms with Gasteiger partial charge in [-0.05, 0) is 73.3 Å². The second-order valence-corrected chi connectivity index (χ2v) is 6.87. The van der Waals surface area contributed by atoms with Gasteiger partial charge < -0.3 is 4.74 Å². The summed E-state index contributed by atoms with van der Waals surface area (Å²) in [6.45, 7) is 8.57.